The summed E-state index contributed by atoms with van der Waals surface area (Å²) < 4.78 is 38.6. The van der Waals surface area contributed by atoms with Crippen LogP contribution in [0.25, 0.3) is 0 Å². The summed E-state index contributed by atoms with van der Waals surface area (Å²) in [6.45, 7) is 4.74. The fourth-order valence-electron chi connectivity index (χ4n) is 1.54. The van der Waals surface area contributed by atoms with E-state index in [9.17, 15) is 18.0 Å². The molecule has 0 aliphatic heterocycles. The van der Waals surface area contributed by atoms with Gasteiger partial charge in [0.1, 0.15) is 5.92 Å². The van der Waals surface area contributed by atoms with Crippen molar-refractivity contribution in [3.63, 3.8) is 0 Å². The average molecular weight is 277 g/mol. The van der Waals surface area contributed by atoms with Gasteiger partial charge >= 0.3 is 12.2 Å². The third-order valence-corrected chi connectivity index (χ3v) is 2.35. The Kier molecular flexibility index (Phi) is 4.49. The topological polar surface area (TPSA) is 56.9 Å². The van der Waals surface area contributed by atoms with Crippen molar-refractivity contribution in [2.75, 3.05) is 6.54 Å². The molecule has 0 saturated carbocycles. The summed E-state index contributed by atoms with van der Waals surface area (Å²) >= 11 is 0. The smallest absolute Gasteiger partial charge is 0.364 e. The number of H-pyrrole nitrogens is 1. The van der Waals surface area contributed by atoms with Crippen molar-refractivity contribution in [2.45, 2.75) is 38.4 Å². The third-order valence-electron chi connectivity index (χ3n) is 2.35. The Labute approximate surface area is 109 Å². The van der Waals surface area contributed by atoms with E-state index in [0.717, 1.165) is 0 Å². The van der Waals surface area contributed by atoms with Gasteiger partial charge in [0, 0.05) is 24.0 Å². The van der Waals surface area contributed by atoms with E-state index in [1.54, 1.807) is 20.8 Å². The molecule has 1 unspecified atom stereocenters. The van der Waals surface area contributed by atoms with E-state index in [1.807, 2.05) is 0 Å². The van der Waals surface area contributed by atoms with Gasteiger partial charge in [-0.15, -0.1) is 0 Å². The second-order valence-corrected chi connectivity index (χ2v) is 5.30. The molecule has 1 atom stereocenters. The van der Waals surface area contributed by atoms with Gasteiger partial charge < -0.3 is 15.6 Å². The number of hydrogen-bond acceptors (Lipinski definition) is 1. The Balaban J connectivity index is 2.63. The van der Waals surface area contributed by atoms with Crippen molar-refractivity contribution in [1.82, 2.24) is 15.6 Å². The second kappa shape index (κ2) is 5.54. The first-order chi connectivity index (χ1) is 8.59. The van der Waals surface area contributed by atoms with Crippen LogP contribution in [0.15, 0.2) is 18.3 Å². The summed E-state index contributed by atoms with van der Waals surface area (Å²) in [5.41, 5.74) is -0.465. The van der Waals surface area contributed by atoms with Gasteiger partial charge in [0.05, 0.1) is 0 Å². The van der Waals surface area contributed by atoms with E-state index in [-0.39, 0.29) is 5.69 Å². The largest absolute Gasteiger partial charge is 0.398 e. The molecule has 4 nitrogen and oxygen atoms in total. The van der Waals surface area contributed by atoms with Crippen LogP contribution >= 0.6 is 0 Å². The number of halogens is 3. The molecule has 0 radical (unpaired) electrons. The molecule has 108 valence electrons. The number of aromatic amines is 1. The Morgan fingerprint density at radius 1 is 1.37 bits per heavy atom. The van der Waals surface area contributed by atoms with Gasteiger partial charge in [-0.25, -0.2) is 4.79 Å². The molecule has 3 N–H and O–H groups in total. The summed E-state index contributed by atoms with van der Waals surface area (Å²) in [6, 6.07) is 2.22. The molecule has 1 rings (SSSR count). The van der Waals surface area contributed by atoms with Crippen LogP contribution in [0.4, 0.5) is 18.0 Å². The molecule has 0 spiro atoms. The van der Waals surface area contributed by atoms with Gasteiger partial charge in [0.15, 0.2) is 0 Å². The lowest BCUT2D eigenvalue weighted by atomic mass is 10.1. The molecule has 0 aliphatic rings. The summed E-state index contributed by atoms with van der Waals surface area (Å²) in [6.07, 6.45) is -3.00. The molecule has 1 heterocycles. The quantitative estimate of drug-likeness (QED) is 0.781. The van der Waals surface area contributed by atoms with Crippen LogP contribution in [0.3, 0.4) is 0 Å². The van der Waals surface area contributed by atoms with Crippen molar-refractivity contribution < 1.29 is 18.0 Å². The molecule has 7 heteroatoms. The van der Waals surface area contributed by atoms with Crippen LogP contribution in [0.1, 0.15) is 32.4 Å². The number of amides is 2. The number of urea groups is 1. The highest BCUT2D eigenvalue weighted by atomic mass is 19.4. The molecule has 0 aromatic carbocycles. The minimum atomic E-state index is -4.42. The number of nitrogens with one attached hydrogen (secondary N) is 3. The van der Waals surface area contributed by atoms with Crippen LogP contribution < -0.4 is 10.6 Å². The number of alkyl halides is 3. The number of aromatic nitrogens is 1. The van der Waals surface area contributed by atoms with Crippen molar-refractivity contribution in [3.05, 3.63) is 24.0 Å². The van der Waals surface area contributed by atoms with Crippen molar-refractivity contribution >= 4 is 6.03 Å². The molecule has 0 aliphatic carbocycles. The molecule has 1 aromatic rings. The maximum Gasteiger partial charge on any atom is 0.398 e. The van der Waals surface area contributed by atoms with Gasteiger partial charge in [0.2, 0.25) is 0 Å². The summed E-state index contributed by atoms with van der Waals surface area (Å²) in [5.74, 6) is -1.74. The lowest BCUT2D eigenvalue weighted by Crippen LogP contribution is -2.48. The number of carbonyl (C=O) groups is 1. The molecule has 1 aromatic heterocycles. The lowest BCUT2D eigenvalue weighted by Gasteiger charge is -2.23. The van der Waals surface area contributed by atoms with Crippen molar-refractivity contribution in [2.24, 2.45) is 0 Å². The van der Waals surface area contributed by atoms with Gasteiger partial charge in [0.25, 0.3) is 0 Å². The second-order valence-electron chi connectivity index (χ2n) is 5.30. The number of rotatable bonds is 3. The Morgan fingerprint density at radius 3 is 2.42 bits per heavy atom. The zero-order valence-electron chi connectivity index (χ0n) is 11.1. The molecule has 0 saturated heterocycles. The van der Waals surface area contributed by atoms with Crippen LogP contribution in [0.5, 0.6) is 0 Å². The third kappa shape index (κ3) is 5.23. The summed E-state index contributed by atoms with van der Waals surface area (Å²) in [4.78, 5) is 14.0. The van der Waals surface area contributed by atoms with Crippen molar-refractivity contribution in [3.8, 4) is 0 Å². The standard InChI is InChI=1S/C12H18F3N3O/c1-11(2,3)18-10(19)17-7-8(12(13,14)15)9-5-4-6-16-9/h4-6,8,16H,7H2,1-3H3,(H2,17,18,19). The van der Waals surface area contributed by atoms with E-state index < -0.39 is 30.2 Å². The van der Waals surface area contributed by atoms with E-state index in [2.05, 4.69) is 15.6 Å². The first-order valence-corrected chi connectivity index (χ1v) is 5.85. The molecule has 2 amide bonds. The first-order valence-electron chi connectivity index (χ1n) is 5.85. The van der Waals surface area contributed by atoms with E-state index in [1.165, 1.54) is 18.3 Å². The SMILES string of the molecule is CC(C)(C)NC(=O)NCC(c1ccc[nH]1)C(F)(F)F. The molecule has 19 heavy (non-hydrogen) atoms. The number of hydrogen-bond donors (Lipinski definition) is 3. The first kappa shape index (κ1) is 15.4. The summed E-state index contributed by atoms with van der Waals surface area (Å²) in [5, 5.41) is 4.79. The zero-order chi connectivity index (χ0) is 14.7. The van der Waals surface area contributed by atoms with Crippen LogP contribution in [0, 0.1) is 0 Å². The number of carbonyl (C=O) groups excluding carboxylic acids is 1. The molecular weight excluding hydrogens is 259 g/mol. The average Bonchev–Trinajstić information content (AvgIpc) is 2.65. The Morgan fingerprint density at radius 2 is 2.00 bits per heavy atom. The zero-order valence-corrected chi connectivity index (χ0v) is 11.1. The minimum absolute atomic E-state index is 0.0311. The Bertz CT molecular complexity index is 407. The van der Waals surface area contributed by atoms with E-state index in [4.69, 9.17) is 0 Å². The minimum Gasteiger partial charge on any atom is -0.364 e. The van der Waals surface area contributed by atoms with E-state index in [0.29, 0.717) is 0 Å². The van der Waals surface area contributed by atoms with Crippen molar-refractivity contribution in [1.29, 1.82) is 0 Å². The van der Waals surface area contributed by atoms with Gasteiger partial charge in [-0.05, 0) is 32.9 Å². The monoisotopic (exact) mass is 277 g/mol. The van der Waals surface area contributed by atoms with Gasteiger partial charge in [-0.3, -0.25) is 0 Å². The van der Waals surface area contributed by atoms with Gasteiger partial charge in [-0.1, -0.05) is 0 Å². The fraction of sp³-hybridized carbons (Fsp3) is 0.583. The normalized spacial score (nSPS) is 14.0. The highest BCUT2D eigenvalue weighted by Gasteiger charge is 2.41. The lowest BCUT2D eigenvalue weighted by molar-refractivity contribution is -0.149. The van der Waals surface area contributed by atoms with Crippen LogP contribution in [-0.2, 0) is 0 Å². The van der Waals surface area contributed by atoms with Crippen LogP contribution in [0.2, 0.25) is 0 Å². The maximum absolute atomic E-state index is 12.9. The highest BCUT2D eigenvalue weighted by molar-refractivity contribution is 5.74. The fourth-order valence-corrected chi connectivity index (χ4v) is 1.54. The van der Waals surface area contributed by atoms with Gasteiger partial charge in [-0.2, -0.15) is 13.2 Å². The Hall–Kier alpha value is -1.66. The molecule has 0 bridgehead atoms. The molecular formula is C12H18F3N3O. The van der Waals surface area contributed by atoms with E-state index >= 15 is 0 Å². The highest BCUT2D eigenvalue weighted by Crippen LogP contribution is 2.33. The maximum atomic E-state index is 12.9. The molecule has 0 fully saturated rings. The predicted octanol–water partition coefficient (Wildman–Crippen LogP) is 2.76. The predicted molar refractivity (Wildman–Crippen MR) is 65.9 cm³/mol. The van der Waals surface area contributed by atoms with Crippen LogP contribution in [-0.4, -0.2) is 29.3 Å². The summed E-state index contributed by atoms with van der Waals surface area (Å²) in [7, 11) is 0.